The first-order valence-corrected chi connectivity index (χ1v) is 5.31. The molecule has 0 unspecified atom stereocenters. The summed E-state index contributed by atoms with van der Waals surface area (Å²) >= 11 is 0. The minimum absolute atomic E-state index is 0.107. The molecule has 0 bridgehead atoms. The molecule has 0 aliphatic heterocycles. The van der Waals surface area contributed by atoms with Gasteiger partial charge in [-0.1, -0.05) is 11.6 Å². The van der Waals surface area contributed by atoms with Crippen LogP contribution in [0.25, 0.3) is 0 Å². The van der Waals surface area contributed by atoms with Crippen molar-refractivity contribution in [1.29, 1.82) is 0 Å². The lowest BCUT2D eigenvalue weighted by Crippen LogP contribution is -2.05. The van der Waals surface area contributed by atoms with E-state index in [9.17, 15) is 9.18 Å². The van der Waals surface area contributed by atoms with Crippen molar-refractivity contribution in [2.75, 3.05) is 0 Å². The molecule has 0 aliphatic carbocycles. The lowest BCUT2D eigenvalue weighted by Gasteiger charge is -2.04. The van der Waals surface area contributed by atoms with E-state index in [1.807, 2.05) is 6.92 Å². The van der Waals surface area contributed by atoms with Crippen LogP contribution in [0.2, 0.25) is 0 Å². The molecule has 0 amide bonds. The van der Waals surface area contributed by atoms with E-state index in [2.05, 4.69) is 4.98 Å². The number of rotatable bonds is 2. The van der Waals surface area contributed by atoms with E-state index in [1.54, 1.807) is 37.4 Å². The fourth-order valence-corrected chi connectivity index (χ4v) is 1.66. The Hall–Kier alpha value is -2.03. The van der Waals surface area contributed by atoms with Gasteiger partial charge in [-0.15, -0.1) is 0 Å². The number of halogens is 1. The van der Waals surface area contributed by atoms with Crippen LogP contribution in [0.4, 0.5) is 4.39 Å². The predicted molar refractivity (Wildman–Crippen MR) is 63.5 cm³/mol. The molecule has 0 atom stereocenters. The number of nitrogens with zero attached hydrogens (tertiary/aromatic N) is 1. The van der Waals surface area contributed by atoms with Crippen molar-refractivity contribution in [3.8, 4) is 0 Å². The van der Waals surface area contributed by atoms with Crippen molar-refractivity contribution in [3.05, 3.63) is 64.7 Å². The predicted octanol–water partition coefficient (Wildman–Crippen LogP) is 3.07. The number of carbonyl (C=O) groups is 1. The standard InChI is InChI=1S/C14H12FNO/c1-9-3-4-13(15)12(7-9)14(17)11-5-6-16-10(2)8-11/h3-8H,1-2H3. The van der Waals surface area contributed by atoms with E-state index >= 15 is 0 Å². The average molecular weight is 229 g/mol. The summed E-state index contributed by atoms with van der Waals surface area (Å²) in [5, 5.41) is 0. The van der Waals surface area contributed by atoms with Gasteiger partial charge in [0.25, 0.3) is 0 Å². The maximum Gasteiger partial charge on any atom is 0.196 e. The van der Waals surface area contributed by atoms with Crippen LogP contribution in [0.15, 0.2) is 36.5 Å². The normalized spacial score (nSPS) is 10.3. The number of ketones is 1. The van der Waals surface area contributed by atoms with Gasteiger partial charge in [-0.25, -0.2) is 4.39 Å². The van der Waals surface area contributed by atoms with Gasteiger partial charge >= 0.3 is 0 Å². The number of carbonyl (C=O) groups excluding carboxylic acids is 1. The summed E-state index contributed by atoms with van der Waals surface area (Å²) in [6.07, 6.45) is 1.55. The number of aryl methyl sites for hydroxylation is 2. The second-order valence-corrected chi connectivity index (χ2v) is 4.00. The molecule has 0 fully saturated rings. The maximum absolute atomic E-state index is 13.6. The van der Waals surface area contributed by atoms with E-state index in [4.69, 9.17) is 0 Å². The van der Waals surface area contributed by atoms with Crippen LogP contribution in [0.1, 0.15) is 27.2 Å². The van der Waals surface area contributed by atoms with E-state index in [-0.39, 0.29) is 11.3 Å². The van der Waals surface area contributed by atoms with Gasteiger partial charge in [-0.05, 0) is 38.1 Å². The minimum atomic E-state index is -0.491. The van der Waals surface area contributed by atoms with Crippen LogP contribution >= 0.6 is 0 Å². The van der Waals surface area contributed by atoms with Gasteiger partial charge in [0.15, 0.2) is 5.78 Å². The van der Waals surface area contributed by atoms with Crippen molar-refractivity contribution in [3.63, 3.8) is 0 Å². The molecule has 0 radical (unpaired) electrons. The highest BCUT2D eigenvalue weighted by Gasteiger charge is 2.14. The zero-order valence-electron chi connectivity index (χ0n) is 9.70. The van der Waals surface area contributed by atoms with Crippen LogP contribution < -0.4 is 0 Å². The van der Waals surface area contributed by atoms with Gasteiger partial charge in [0, 0.05) is 17.5 Å². The molecule has 86 valence electrons. The Morgan fingerprint density at radius 2 is 1.94 bits per heavy atom. The number of hydrogen-bond acceptors (Lipinski definition) is 2. The molecular weight excluding hydrogens is 217 g/mol. The summed E-state index contributed by atoms with van der Waals surface area (Å²) in [5.41, 5.74) is 2.17. The van der Waals surface area contributed by atoms with Gasteiger partial charge < -0.3 is 0 Å². The molecule has 0 N–H and O–H groups in total. The molecule has 2 rings (SSSR count). The van der Waals surface area contributed by atoms with Crippen molar-refractivity contribution in [2.24, 2.45) is 0 Å². The zero-order chi connectivity index (χ0) is 12.4. The second kappa shape index (κ2) is 4.45. The lowest BCUT2D eigenvalue weighted by molar-refractivity contribution is 0.103. The molecule has 0 saturated carbocycles. The van der Waals surface area contributed by atoms with Gasteiger partial charge in [-0.3, -0.25) is 9.78 Å². The van der Waals surface area contributed by atoms with Crippen molar-refractivity contribution >= 4 is 5.78 Å². The van der Waals surface area contributed by atoms with Crippen LogP contribution in [0.5, 0.6) is 0 Å². The molecule has 3 heteroatoms. The van der Waals surface area contributed by atoms with Gasteiger partial charge in [0.2, 0.25) is 0 Å². The third-order valence-electron chi connectivity index (χ3n) is 2.53. The maximum atomic E-state index is 13.6. The average Bonchev–Trinajstić information content (AvgIpc) is 2.31. The molecule has 1 aromatic carbocycles. The highest BCUT2D eigenvalue weighted by molar-refractivity contribution is 6.09. The first-order valence-electron chi connectivity index (χ1n) is 5.31. The molecule has 17 heavy (non-hydrogen) atoms. The summed E-state index contributed by atoms with van der Waals surface area (Å²) in [7, 11) is 0. The number of aromatic nitrogens is 1. The Morgan fingerprint density at radius 1 is 1.18 bits per heavy atom. The highest BCUT2D eigenvalue weighted by Crippen LogP contribution is 2.15. The summed E-state index contributed by atoms with van der Waals surface area (Å²) in [6, 6.07) is 7.77. The number of benzene rings is 1. The molecule has 1 aromatic heterocycles. The van der Waals surface area contributed by atoms with E-state index in [1.165, 1.54) is 6.07 Å². The van der Waals surface area contributed by atoms with E-state index in [0.717, 1.165) is 11.3 Å². The van der Waals surface area contributed by atoms with Gasteiger partial charge in [0.1, 0.15) is 5.82 Å². The van der Waals surface area contributed by atoms with E-state index in [0.29, 0.717) is 5.56 Å². The quantitative estimate of drug-likeness (QED) is 0.741. The summed E-state index contributed by atoms with van der Waals surface area (Å²) in [4.78, 5) is 16.1. The minimum Gasteiger partial charge on any atom is -0.288 e. The lowest BCUT2D eigenvalue weighted by atomic mass is 10.0. The molecule has 0 aliphatic rings. The first kappa shape index (κ1) is 11.5. The van der Waals surface area contributed by atoms with Gasteiger partial charge in [-0.2, -0.15) is 0 Å². The molecule has 2 nitrogen and oxygen atoms in total. The fraction of sp³-hybridized carbons (Fsp3) is 0.143. The third kappa shape index (κ3) is 2.38. The van der Waals surface area contributed by atoms with Crippen molar-refractivity contribution in [1.82, 2.24) is 4.98 Å². The Kier molecular flexibility index (Phi) is 3.00. The molecular formula is C14H12FNO. The summed E-state index contributed by atoms with van der Waals surface area (Å²) < 4.78 is 13.6. The van der Waals surface area contributed by atoms with Crippen LogP contribution in [0.3, 0.4) is 0 Å². The Balaban J connectivity index is 2.47. The third-order valence-corrected chi connectivity index (χ3v) is 2.53. The smallest absolute Gasteiger partial charge is 0.196 e. The van der Waals surface area contributed by atoms with Crippen LogP contribution in [-0.2, 0) is 0 Å². The molecule has 0 spiro atoms. The molecule has 1 heterocycles. The van der Waals surface area contributed by atoms with Crippen LogP contribution in [0, 0.1) is 19.7 Å². The SMILES string of the molecule is Cc1ccc(F)c(C(=O)c2ccnc(C)c2)c1. The largest absolute Gasteiger partial charge is 0.288 e. The zero-order valence-corrected chi connectivity index (χ0v) is 9.70. The Labute approximate surface area is 99.1 Å². The second-order valence-electron chi connectivity index (χ2n) is 4.00. The van der Waals surface area contributed by atoms with Crippen molar-refractivity contribution < 1.29 is 9.18 Å². The number of pyridine rings is 1. The van der Waals surface area contributed by atoms with Gasteiger partial charge in [0.05, 0.1) is 5.56 Å². The highest BCUT2D eigenvalue weighted by atomic mass is 19.1. The molecule has 2 aromatic rings. The monoisotopic (exact) mass is 229 g/mol. The Morgan fingerprint density at radius 3 is 2.65 bits per heavy atom. The van der Waals surface area contributed by atoms with Crippen molar-refractivity contribution in [2.45, 2.75) is 13.8 Å². The van der Waals surface area contributed by atoms with Crippen LogP contribution in [-0.4, -0.2) is 10.8 Å². The van der Waals surface area contributed by atoms with E-state index < -0.39 is 5.82 Å². The fourth-order valence-electron chi connectivity index (χ4n) is 1.66. The summed E-state index contributed by atoms with van der Waals surface area (Å²) in [5.74, 6) is -0.799. The topological polar surface area (TPSA) is 30.0 Å². The molecule has 0 saturated heterocycles. The first-order chi connectivity index (χ1) is 8.08. The summed E-state index contributed by atoms with van der Waals surface area (Å²) in [6.45, 7) is 3.62. The Bertz CT molecular complexity index is 578. The number of hydrogen-bond donors (Lipinski definition) is 0.